The monoisotopic (exact) mass is 1150 g/mol. The molecule has 0 aliphatic rings. The lowest BCUT2D eigenvalue weighted by atomic mass is 10.0. The van der Waals surface area contributed by atoms with Gasteiger partial charge in [-0.1, -0.05) is 378 Å². The minimum absolute atomic E-state index is 0.0199. The number of ether oxygens (including phenoxy) is 1. The van der Waals surface area contributed by atoms with Gasteiger partial charge in [0, 0.05) is 12.8 Å². The summed E-state index contributed by atoms with van der Waals surface area (Å²) in [7, 11) is 0. The van der Waals surface area contributed by atoms with Crippen LogP contribution in [-0.2, 0) is 14.3 Å². The molecular formula is C76H147NO5. The largest absolute Gasteiger partial charge is 0.466 e. The van der Waals surface area contributed by atoms with Crippen molar-refractivity contribution in [1.82, 2.24) is 5.32 Å². The predicted molar refractivity (Wildman–Crippen MR) is 361 cm³/mol. The number of nitrogens with one attached hydrogen (secondary N) is 1. The highest BCUT2D eigenvalue weighted by Crippen LogP contribution is 2.19. The molecule has 486 valence electrons. The second-order valence-electron chi connectivity index (χ2n) is 26.0. The summed E-state index contributed by atoms with van der Waals surface area (Å²) in [4.78, 5) is 24.6. The first-order valence-corrected chi connectivity index (χ1v) is 37.6. The van der Waals surface area contributed by atoms with Crippen molar-refractivity contribution >= 4 is 11.9 Å². The number of unbranched alkanes of at least 4 members (excludes halogenated alkanes) is 58. The minimum Gasteiger partial charge on any atom is -0.466 e. The third kappa shape index (κ3) is 67.5. The van der Waals surface area contributed by atoms with Gasteiger partial charge in [-0.25, -0.2) is 0 Å². The smallest absolute Gasteiger partial charge is 0.305 e. The van der Waals surface area contributed by atoms with E-state index >= 15 is 0 Å². The van der Waals surface area contributed by atoms with Crippen molar-refractivity contribution in [3.8, 4) is 0 Å². The molecular weight excluding hydrogens is 1010 g/mol. The van der Waals surface area contributed by atoms with Gasteiger partial charge in [-0.05, 0) is 57.8 Å². The SMILES string of the molecule is CCCCCCCCCCCCCCCCCCCC/C=C/C(O)C(CO)NC(=O)CCCCCCCCCCCCCCCCCCC/C=C\CCCCCCCCCCCCCCOC(=O)CCCCCCCCCCCCCC. The Morgan fingerprint density at radius 3 is 0.866 bits per heavy atom. The van der Waals surface area contributed by atoms with Gasteiger partial charge >= 0.3 is 5.97 Å². The first kappa shape index (κ1) is 80.3. The van der Waals surface area contributed by atoms with Crippen molar-refractivity contribution in [2.75, 3.05) is 13.2 Å². The topological polar surface area (TPSA) is 95.9 Å². The van der Waals surface area contributed by atoms with Crippen LogP contribution in [-0.4, -0.2) is 47.4 Å². The van der Waals surface area contributed by atoms with Crippen LogP contribution >= 0.6 is 0 Å². The van der Waals surface area contributed by atoms with Crippen molar-refractivity contribution in [2.45, 2.75) is 437 Å². The molecule has 6 heteroatoms. The summed E-state index contributed by atoms with van der Waals surface area (Å²) in [6.45, 7) is 4.95. The summed E-state index contributed by atoms with van der Waals surface area (Å²) in [6.07, 6.45) is 91.4. The van der Waals surface area contributed by atoms with Crippen molar-refractivity contribution < 1.29 is 24.5 Å². The maximum absolute atomic E-state index is 12.5. The molecule has 0 aromatic carbocycles. The number of allylic oxidation sites excluding steroid dienone is 3. The van der Waals surface area contributed by atoms with Gasteiger partial charge in [-0.3, -0.25) is 9.59 Å². The molecule has 0 saturated carbocycles. The molecule has 0 rings (SSSR count). The first-order chi connectivity index (χ1) is 40.5. The maximum Gasteiger partial charge on any atom is 0.305 e. The fourth-order valence-electron chi connectivity index (χ4n) is 12.0. The second kappa shape index (κ2) is 71.8. The Morgan fingerprint density at radius 1 is 0.329 bits per heavy atom. The molecule has 82 heavy (non-hydrogen) atoms. The fourth-order valence-corrected chi connectivity index (χ4v) is 12.0. The molecule has 0 radical (unpaired) electrons. The molecule has 0 fully saturated rings. The molecule has 0 aromatic rings. The van der Waals surface area contributed by atoms with Crippen molar-refractivity contribution in [2.24, 2.45) is 0 Å². The van der Waals surface area contributed by atoms with E-state index in [0.29, 0.717) is 19.4 Å². The van der Waals surface area contributed by atoms with E-state index in [1.807, 2.05) is 6.08 Å². The maximum atomic E-state index is 12.5. The van der Waals surface area contributed by atoms with Gasteiger partial charge in [0.1, 0.15) is 0 Å². The summed E-state index contributed by atoms with van der Waals surface area (Å²) in [6, 6.07) is -0.626. The normalized spacial score (nSPS) is 12.6. The van der Waals surface area contributed by atoms with Crippen LogP contribution in [0.25, 0.3) is 0 Å². The number of aliphatic hydroxyl groups is 2. The van der Waals surface area contributed by atoms with Crippen LogP contribution in [0.15, 0.2) is 24.3 Å². The summed E-state index contributed by atoms with van der Waals surface area (Å²) >= 11 is 0. The van der Waals surface area contributed by atoms with Gasteiger partial charge in [0.2, 0.25) is 5.91 Å². The summed E-state index contributed by atoms with van der Waals surface area (Å²) in [5, 5.41) is 23.3. The predicted octanol–water partition coefficient (Wildman–Crippen LogP) is 24.5. The molecule has 3 N–H and O–H groups in total. The second-order valence-corrected chi connectivity index (χ2v) is 26.0. The van der Waals surface area contributed by atoms with Gasteiger partial charge in [0.05, 0.1) is 25.4 Å². The minimum atomic E-state index is -0.843. The van der Waals surface area contributed by atoms with Crippen LogP contribution in [0.4, 0.5) is 0 Å². The Hall–Kier alpha value is -1.66. The third-order valence-corrected chi connectivity index (χ3v) is 17.7. The number of hydrogen-bond donors (Lipinski definition) is 3. The number of amides is 1. The van der Waals surface area contributed by atoms with Crippen molar-refractivity contribution in [3.05, 3.63) is 24.3 Å². The lowest BCUT2D eigenvalue weighted by molar-refractivity contribution is -0.143. The van der Waals surface area contributed by atoms with E-state index < -0.39 is 12.1 Å². The highest BCUT2D eigenvalue weighted by atomic mass is 16.5. The highest BCUT2D eigenvalue weighted by Gasteiger charge is 2.18. The zero-order valence-corrected chi connectivity index (χ0v) is 55.8. The number of rotatable bonds is 71. The van der Waals surface area contributed by atoms with Crippen molar-refractivity contribution in [1.29, 1.82) is 0 Å². The summed E-state index contributed by atoms with van der Waals surface area (Å²) in [5.74, 6) is -0.0407. The summed E-state index contributed by atoms with van der Waals surface area (Å²) < 4.78 is 5.48. The van der Waals surface area contributed by atoms with Crippen LogP contribution in [0.2, 0.25) is 0 Å². The van der Waals surface area contributed by atoms with E-state index in [2.05, 4.69) is 31.3 Å². The van der Waals surface area contributed by atoms with E-state index in [-0.39, 0.29) is 18.5 Å². The lowest BCUT2D eigenvalue weighted by Crippen LogP contribution is -2.45. The number of hydrogen-bond acceptors (Lipinski definition) is 5. The summed E-state index contributed by atoms with van der Waals surface area (Å²) in [5.41, 5.74) is 0. The molecule has 6 nitrogen and oxygen atoms in total. The van der Waals surface area contributed by atoms with Crippen molar-refractivity contribution in [3.63, 3.8) is 0 Å². The quantitative estimate of drug-likeness (QED) is 0.0320. The average molecular weight is 1160 g/mol. The van der Waals surface area contributed by atoms with Crippen LogP contribution in [0.5, 0.6) is 0 Å². The molecule has 2 unspecified atom stereocenters. The number of aliphatic hydroxyl groups excluding tert-OH is 2. The third-order valence-electron chi connectivity index (χ3n) is 17.7. The van der Waals surface area contributed by atoms with Crippen LogP contribution < -0.4 is 5.32 Å². The van der Waals surface area contributed by atoms with Gasteiger partial charge in [-0.2, -0.15) is 0 Å². The average Bonchev–Trinajstić information content (AvgIpc) is 3.48. The van der Waals surface area contributed by atoms with Gasteiger partial charge in [-0.15, -0.1) is 0 Å². The van der Waals surface area contributed by atoms with E-state index in [0.717, 1.165) is 38.5 Å². The number of carbonyl (C=O) groups is 2. The number of carbonyl (C=O) groups excluding carboxylic acids is 2. The molecule has 0 saturated heterocycles. The Balaban J connectivity index is 3.37. The Kier molecular flexibility index (Phi) is 70.4. The molecule has 0 spiro atoms. The standard InChI is InChI=1S/C76H147NO5/c1-3-5-7-9-11-13-15-17-18-19-20-36-39-42-45-48-52-56-60-64-68-74(79)73(72-78)77-75(80)69-65-61-57-53-49-46-43-40-37-34-32-30-28-26-24-22-21-23-25-27-29-31-33-35-38-41-44-47-51-55-59-63-67-71-82-76(81)70-66-62-58-54-50-16-14-12-10-8-6-4-2/h25,27,64,68,73-74,78-79H,3-24,26,28-63,65-67,69-72H2,1-2H3,(H,77,80)/b27-25-,68-64+. The van der Waals surface area contributed by atoms with Gasteiger partial charge in [0.15, 0.2) is 0 Å². The van der Waals surface area contributed by atoms with E-state index in [1.54, 1.807) is 6.08 Å². The van der Waals surface area contributed by atoms with Crippen LogP contribution in [0.1, 0.15) is 425 Å². The van der Waals surface area contributed by atoms with Crippen LogP contribution in [0.3, 0.4) is 0 Å². The van der Waals surface area contributed by atoms with E-state index in [1.165, 1.54) is 360 Å². The van der Waals surface area contributed by atoms with Crippen LogP contribution in [0, 0.1) is 0 Å². The fraction of sp³-hybridized carbons (Fsp3) is 0.921. The molecule has 0 bridgehead atoms. The molecule has 2 atom stereocenters. The van der Waals surface area contributed by atoms with Gasteiger partial charge in [0.25, 0.3) is 0 Å². The zero-order chi connectivity index (χ0) is 59.2. The molecule has 0 aliphatic heterocycles. The Morgan fingerprint density at radius 2 is 0.573 bits per heavy atom. The first-order valence-electron chi connectivity index (χ1n) is 37.6. The Bertz CT molecular complexity index is 1280. The zero-order valence-electron chi connectivity index (χ0n) is 55.8. The van der Waals surface area contributed by atoms with Gasteiger partial charge < -0.3 is 20.3 Å². The molecule has 0 aromatic heterocycles. The highest BCUT2D eigenvalue weighted by molar-refractivity contribution is 5.76. The lowest BCUT2D eigenvalue weighted by Gasteiger charge is -2.20. The van der Waals surface area contributed by atoms with E-state index in [4.69, 9.17) is 4.74 Å². The Labute approximate surface area is 513 Å². The number of esters is 1. The molecule has 1 amide bonds. The molecule has 0 aliphatic carbocycles. The van der Waals surface area contributed by atoms with E-state index in [9.17, 15) is 19.8 Å². The molecule has 0 heterocycles.